The van der Waals surface area contributed by atoms with Crippen molar-refractivity contribution in [1.29, 1.82) is 0 Å². The van der Waals surface area contributed by atoms with Crippen molar-refractivity contribution in [3.8, 4) is 17.4 Å². The zero-order chi connectivity index (χ0) is 25.5. The lowest BCUT2D eigenvalue weighted by Gasteiger charge is -2.12. The smallest absolute Gasteiger partial charge is 0.417 e. The van der Waals surface area contributed by atoms with Crippen molar-refractivity contribution in [1.82, 2.24) is 14.5 Å². The second-order valence-corrected chi connectivity index (χ2v) is 8.24. The molecule has 10 heteroatoms. The Balaban J connectivity index is 1.28. The number of hydrogen-bond acceptors (Lipinski definition) is 5. The molecule has 4 rings (SSSR count). The maximum Gasteiger partial charge on any atom is 0.417 e. The van der Waals surface area contributed by atoms with Gasteiger partial charge < -0.3 is 9.47 Å². The van der Waals surface area contributed by atoms with E-state index in [1.807, 2.05) is 12.1 Å². The Morgan fingerprint density at radius 2 is 1.72 bits per heavy atom. The monoisotopic (exact) mass is 515 g/mol. The van der Waals surface area contributed by atoms with Crippen molar-refractivity contribution >= 4 is 11.6 Å². The minimum Gasteiger partial charge on any atom is -0.477 e. The number of aryl methyl sites for hydroxylation is 2. The number of hydrogen-bond donors (Lipinski definition) is 0. The van der Waals surface area contributed by atoms with Crippen molar-refractivity contribution in [3.63, 3.8) is 0 Å². The molecular weight excluding hydrogens is 495 g/mol. The summed E-state index contributed by atoms with van der Waals surface area (Å²) in [5, 5.41) is -0.387. The summed E-state index contributed by atoms with van der Waals surface area (Å²) in [6.07, 6.45) is 1.73. The number of aromatic nitrogens is 3. The molecule has 0 aliphatic carbocycles. The summed E-state index contributed by atoms with van der Waals surface area (Å²) in [6, 6.07) is 15.7. The third-order valence-electron chi connectivity index (χ3n) is 5.26. The molecule has 6 nitrogen and oxygen atoms in total. The van der Waals surface area contributed by atoms with Crippen LogP contribution in [0.5, 0.6) is 17.4 Å². The van der Waals surface area contributed by atoms with Crippen LogP contribution in [0.2, 0.25) is 5.02 Å². The molecule has 2 aromatic carbocycles. The van der Waals surface area contributed by atoms with Gasteiger partial charge in [-0.1, -0.05) is 29.8 Å². The largest absolute Gasteiger partial charge is 0.477 e. The quantitative estimate of drug-likeness (QED) is 0.275. The van der Waals surface area contributed by atoms with Crippen molar-refractivity contribution < 1.29 is 22.6 Å². The van der Waals surface area contributed by atoms with E-state index in [9.17, 15) is 18.0 Å². The van der Waals surface area contributed by atoms with E-state index >= 15 is 0 Å². The van der Waals surface area contributed by atoms with E-state index in [-0.39, 0.29) is 16.7 Å². The van der Waals surface area contributed by atoms with Crippen LogP contribution in [0.3, 0.4) is 0 Å². The van der Waals surface area contributed by atoms with Gasteiger partial charge in [0.15, 0.2) is 0 Å². The minimum atomic E-state index is -4.57. The molecule has 0 atom stereocenters. The van der Waals surface area contributed by atoms with Crippen LogP contribution in [0.15, 0.2) is 84.0 Å². The summed E-state index contributed by atoms with van der Waals surface area (Å²) in [6.45, 7) is 0.776. The average Bonchev–Trinajstić information content (AvgIpc) is 2.86. The highest BCUT2D eigenvalue weighted by molar-refractivity contribution is 6.31. The van der Waals surface area contributed by atoms with Gasteiger partial charge in [0.2, 0.25) is 5.88 Å². The normalized spacial score (nSPS) is 11.3. The van der Waals surface area contributed by atoms with Crippen LogP contribution >= 0.6 is 11.6 Å². The molecule has 36 heavy (non-hydrogen) atoms. The number of rotatable bonds is 9. The second-order valence-electron chi connectivity index (χ2n) is 7.84. The Morgan fingerprint density at radius 3 is 2.42 bits per heavy atom. The van der Waals surface area contributed by atoms with E-state index in [1.54, 1.807) is 48.9 Å². The van der Waals surface area contributed by atoms with Gasteiger partial charge in [-0.3, -0.25) is 9.55 Å². The van der Waals surface area contributed by atoms with Crippen LogP contribution in [0, 0.1) is 0 Å². The third kappa shape index (κ3) is 6.85. The summed E-state index contributed by atoms with van der Waals surface area (Å²) >= 11 is 5.64. The topological polar surface area (TPSA) is 66.2 Å². The Bertz CT molecular complexity index is 1360. The minimum absolute atomic E-state index is 0.0315. The zero-order valence-corrected chi connectivity index (χ0v) is 19.7. The van der Waals surface area contributed by atoms with Gasteiger partial charge in [-0.15, -0.1) is 0 Å². The molecule has 0 saturated carbocycles. The molecule has 0 aliphatic heterocycles. The van der Waals surface area contributed by atoms with E-state index in [0.717, 1.165) is 23.3 Å². The molecule has 0 unspecified atom stereocenters. The number of pyridine rings is 1. The second kappa shape index (κ2) is 11.3. The predicted octanol–water partition coefficient (Wildman–Crippen LogP) is 5.97. The number of nitrogens with zero attached hydrogens (tertiary/aromatic N) is 3. The lowest BCUT2D eigenvalue weighted by atomic mass is 10.1. The number of alkyl halides is 3. The van der Waals surface area contributed by atoms with Gasteiger partial charge in [-0.2, -0.15) is 18.2 Å². The first-order valence-corrected chi connectivity index (χ1v) is 11.4. The average molecular weight is 516 g/mol. The SMILES string of the molecule is O=c1nc(OCCc2ccc(Oc3ccc(Cl)c(C(F)(F)F)c3)cc2)ccn1CCc1cccnc1. The van der Waals surface area contributed by atoms with Gasteiger partial charge in [-0.25, -0.2) is 4.79 Å². The molecule has 0 amide bonds. The van der Waals surface area contributed by atoms with Gasteiger partial charge in [-0.05, 0) is 53.9 Å². The van der Waals surface area contributed by atoms with Crippen LogP contribution in [0.25, 0.3) is 0 Å². The van der Waals surface area contributed by atoms with E-state index < -0.39 is 17.4 Å². The van der Waals surface area contributed by atoms with Crippen LogP contribution < -0.4 is 15.2 Å². The van der Waals surface area contributed by atoms with Crippen molar-refractivity contribution in [3.05, 3.63) is 111 Å². The van der Waals surface area contributed by atoms with Gasteiger partial charge in [0.1, 0.15) is 11.5 Å². The molecule has 2 heterocycles. The van der Waals surface area contributed by atoms with Crippen LogP contribution in [-0.4, -0.2) is 21.1 Å². The van der Waals surface area contributed by atoms with Crippen LogP contribution in [0.4, 0.5) is 13.2 Å². The molecule has 2 aromatic heterocycles. The highest BCUT2D eigenvalue weighted by atomic mass is 35.5. The van der Waals surface area contributed by atoms with Gasteiger partial charge in [0.25, 0.3) is 0 Å². The molecule has 0 radical (unpaired) electrons. The first-order valence-electron chi connectivity index (χ1n) is 11.0. The first-order chi connectivity index (χ1) is 17.3. The molecule has 0 bridgehead atoms. The third-order valence-corrected chi connectivity index (χ3v) is 5.59. The van der Waals surface area contributed by atoms with Crippen molar-refractivity contribution in [2.45, 2.75) is 25.6 Å². The number of benzene rings is 2. The van der Waals surface area contributed by atoms with E-state index in [2.05, 4.69) is 9.97 Å². The van der Waals surface area contributed by atoms with Gasteiger partial charge in [0, 0.05) is 37.6 Å². The molecule has 0 N–H and O–H groups in total. The molecule has 0 fully saturated rings. The molecule has 0 spiro atoms. The Hall–Kier alpha value is -3.85. The summed E-state index contributed by atoms with van der Waals surface area (Å²) in [5.41, 5.74) is 0.596. The standard InChI is InChI=1S/C26H21ClF3N3O3/c27-23-8-7-21(16-22(23)26(28,29)30)36-20-5-3-18(4-6-20)11-15-35-24-10-14-33(25(34)32-24)13-9-19-2-1-12-31-17-19/h1-8,10,12,14,16-17H,9,11,13,15H2. The maximum atomic E-state index is 13.0. The van der Waals surface area contributed by atoms with Crippen molar-refractivity contribution in [2.24, 2.45) is 0 Å². The van der Waals surface area contributed by atoms with Crippen LogP contribution in [0.1, 0.15) is 16.7 Å². The Kier molecular flexibility index (Phi) is 7.90. The van der Waals surface area contributed by atoms with Crippen molar-refractivity contribution in [2.75, 3.05) is 6.61 Å². The maximum absolute atomic E-state index is 13.0. The molecule has 186 valence electrons. The summed E-state index contributed by atoms with van der Waals surface area (Å²) in [4.78, 5) is 20.3. The summed E-state index contributed by atoms with van der Waals surface area (Å²) in [7, 11) is 0. The van der Waals surface area contributed by atoms with E-state index in [4.69, 9.17) is 21.1 Å². The summed E-state index contributed by atoms with van der Waals surface area (Å²) in [5.74, 6) is 0.650. The zero-order valence-electron chi connectivity index (χ0n) is 18.9. The lowest BCUT2D eigenvalue weighted by Crippen LogP contribution is -2.23. The first kappa shape index (κ1) is 25.2. The summed E-state index contributed by atoms with van der Waals surface area (Å²) < 4.78 is 51.7. The molecule has 0 saturated heterocycles. The Morgan fingerprint density at radius 1 is 0.944 bits per heavy atom. The highest BCUT2D eigenvalue weighted by Gasteiger charge is 2.33. The van der Waals surface area contributed by atoms with Gasteiger partial charge >= 0.3 is 11.9 Å². The predicted molar refractivity (Wildman–Crippen MR) is 129 cm³/mol. The van der Waals surface area contributed by atoms with Gasteiger partial charge in [0.05, 0.1) is 17.2 Å². The Labute approximate surface area is 209 Å². The molecular formula is C26H21ClF3N3O3. The molecule has 0 aliphatic rings. The molecule has 4 aromatic rings. The van der Waals surface area contributed by atoms with E-state index in [1.165, 1.54) is 10.6 Å². The number of halogens is 4. The van der Waals surface area contributed by atoms with Crippen LogP contribution in [-0.2, 0) is 25.6 Å². The lowest BCUT2D eigenvalue weighted by molar-refractivity contribution is -0.137. The number of ether oxygens (including phenoxy) is 2. The fourth-order valence-corrected chi connectivity index (χ4v) is 3.60. The van der Waals surface area contributed by atoms with E-state index in [0.29, 0.717) is 31.7 Å². The fourth-order valence-electron chi connectivity index (χ4n) is 3.38. The fraction of sp³-hybridized carbons (Fsp3) is 0.192. The highest BCUT2D eigenvalue weighted by Crippen LogP contribution is 2.37.